The Bertz CT molecular complexity index is 806. The van der Waals surface area contributed by atoms with Crippen LogP contribution in [0.25, 0.3) is 0 Å². The number of amides is 1. The van der Waals surface area contributed by atoms with Gasteiger partial charge in [-0.2, -0.15) is 0 Å². The van der Waals surface area contributed by atoms with Crippen LogP contribution in [0.15, 0.2) is 36.7 Å². The lowest BCUT2D eigenvalue weighted by molar-refractivity contribution is 0.0383. The van der Waals surface area contributed by atoms with Gasteiger partial charge in [-0.05, 0) is 25.0 Å². The highest BCUT2D eigenvalue weighted by Gasteiger charge is 2.28. The molecule has 7 heteroatoms. The Hall–Kier alpha value is -2.51. The molecule has 0 spiro atoms. The fraction of sp³-hybridized carbons (Fsp3) is 0.450. The zero-order valence-electron chi connectivity index (χ0n) is 15.6. The van der Waals surface area contributed by atoms with Crippen molar-refractivity contribution in [3.8, 4) is 0 Å². The monoisotopic (exact) mass is 367 g/mol. The Morgan fingerprint density at radius 3 is 2.93 bits per heavy atom. The van der Waals surface area contributed by atoms with Crippen LogP contribution in [0, 0.1) is 0 Å². The van der Waals surface area contributed by atoms with E-state index in [4.69, 9.17) is 4.74 Å². The maximum Gasteiger partial charge on any atom is 0.270 e. The van der Waals surface area contributed by atoms with Gasteiger partial charge in [-0.15, -0.1) is 0 Å². The molecule has 3 heterocycles. The molecule has 1 unspecified atom stereocenters. The summed E-state index contributed by atoms with van der Waals surface area (Å²) in [6.45, 7) is 6.95. The normalized spacial score (nSPS) is 19.7. The number of benzene rings is 1. The van der Waals surface area contributed by atoms with Crippen molar-refractivity contribution in [2.24, 2.45) is 0 Å². The van der Waals surface area contributed by atoms with Crippen molar-refractivity contribution in [3.05, 3.63) is 47.9 Å². The van der Waals surface area contributed by atoms with Crippen molar-refractivity contribution in [1.82, 2.24) is 20.2 Å². The third-order valence-corrected chi connectivity index (χ3v) is 5.16. The molecule has 2 aromatic rings. The summed E-state index contributed by atoms with van der Waals surface area (Å²) in [6, 6.07) is 10.4. The molecule has 1 aromatic carbocycles. The molecule has 1 N–H and O–H groups in total. The van der Waals surface area contributed by atoms with E-state index < -0.39 is 0 Å². The summed E-state index contributed by atoms with van der Waals surface area (Å²) >= 11 is 0. The highest BCUT2D eigenvalue weighted by Crippen LogP contribution is 2.36. The van der Waals surface area contributed by atoms with E-state index in [1.807, 2.05) is 6.07 Å². The van der Waals surface area contributed by atoms with E-state index in [0.29, 0.717) is 18.3 Å². The highest BCUT2D eigenvalue weighted by atomic mass is 16.5. The Morgan fingerprint density at radius 2 is 2.07 bits per heavy atom. The average molecular weight is 367 g/mol. The first-order valence-electron chi connectivity index (χ1n) is 9.50. The SMILES string of the molecule is CC1Cc2ccccc2N1c1cc(C(=O)NCCN2CCOCC2)ncn1. The van der Waals surface area contributed by atoms with Crippen LogP contribution in [0.1, 0.15) is 23.0 Å². The fourth-order valence-electron chi connectivity index (χ4n) is 3.76. The van der Waals surface area contributed by atoms with Crippen LogP contribution in [0.2, 0.25) is 0 Å². The first-order valence-corrected chi connectivity index (χ1v) is 9.50. The second-order valence-electron chi connectivity index (χ2n) is 7.02. The Labute approximate surface area is 159 Å². The molecule has 2 aliphatic heterocycles. The minimum Gasteiger partial charge on any atom is -0.379 e. The molecule has 142 valence electrons. The molecular formula is C20H25N5O2. The lowest BCUT2D eigenvalue weighted by atomic mass is 10.1. The van der Waals surface area contributed by atoms with Crippen molar-refractivity contribution >= 4 is 17.4 Å². The summed E-state index contributed by atoms with van der Waals surface area (Å²) in [6.07, 6.45) is 2.45. The number of aromatic nitrogens is 2. The van der Waals surface area contributed by atoms with E-state index in [2.05, 4.69) is 50.2 Å². The molecular weight excluding hydrogens is 342 g/mol. The van der Waals surface area contributed by atoms with Crippen LogP contribution in [-0.2, 0) is 11.2 Å². The molecule has 0 radical (unpaired) electrons. The number of morpholine rings is 1. The van der Waals surface area contributed by atoms with Gasteiger partial charge in [0.2, 0.25) is 0 Å². The van der Waals surface area contributed by atoms with Crippen LogP contribution < -0.4 is 10.2 Å². The fourth-order valence-corrected chi connectivity index (χ4v) is 3.76. The zero-order valence-corrected chi connectivity index (χ0v) is 15.6. The van der Waals surface area contributed by atoms with E-state index in [0.717, 1.165) is 50.8 Å². The lowest BCUT2D eigenvalue weighted by Gasteiger charge is -2.26. The maximum atomic E-state index is 12.5. The van der Waals surface area contributed by atoms with Gasteiger partial charge in [0.05, 0.1) is 13.2 Å². The van der Waals surface area contributed by atoms with Crippen LogP contribution in [-0.4, -0.2) is 66.2 Å². The number of nitrogens with one attached hydrogen (secondary N) is 1. The number of carbonyl (C=O) groups is 1. The highest BCUT2D eigenvalue weighted by molar-refractivity contribution is 5.93. The summed E-state index contributed by atoms with van der Waals surface area (Å²) in [5.41, 5.74) is 2.86. The third kappa shape index (κ3) is 3.94. The number of rotatable bonds is 5. The molecule has 2 aliphatic rings. The van der Waals surface area contributed by atoms with Crippen LogP contribution in [0.4, 0.5) is 11.5 Å². The Kier molecular flexibility index (Phi) is 5.31. The van der Waals surface area contributed by atoms with Crippen molar-refractivity contribution < 1.29 is 9.53 Å². The van der Waals surface area contributed by atoms with Gasteiger partial charge in [-0.25, -0.2) is 9.97 Å². The van der Waals surface area contributed by atoms with Crippen molar-refractivity contribution in [2.45, 2.75) is 19.4 Å². The van der Waals surface area contributed by atoms with Gasteiger partial charge in [0, 0.05) is 44.0 Å². The Morgan fingerprint density at radius 1 is 1.26 bits per heavy atom. The van der Waals surface area contributed by atoms with Crippen LogP contribution in [0.3, 0.4) is 0 Å². The second-order valence-corrected chi connectivity index (χ2v) is 7.02. The van der Waals surface area contributed by atoms with E-state index in [1.165, 1.54) is 11.9 Å². The second kappa shape index (κ2) is 8.02. The molecule has 0 saturated carbocycles. The van der Waals surface area contributed by atoms with Gasteiger partial charge in [0.25, 0.3) is 5.91 Å². The van der Waals surface area contributed by atoms with E-state index in [-0.39, 0.29) is 5.91 Å². The molecule has 1 atom stereocenters. The molecule has 0 aliphatic carbocycles. The van der Waals surface area contributed by atoms with Gasteiger partial charge in [-0.3, -0.25) is 9.69 Å². The number of ether oxygens (including phenoxy) is 1. The molecule has 0 bridgehead atoms. The standard InChI is InChI=1S/C20H25N5O2/c1-15-12-16-4-2-3-5-18(16)25(15)19-13-17(22-14-23-19)20(26)21-6-7-24-8-10-27-11-9-24/h2-5,13-15H,6-12H2,1H3,(H,21,26). The summed E-state index contributed by atoms with van der Waals surface area (Å²) in [5, 5.41) is 2.96. The average Bonchev–Trinajstić information content (AvgIpc) is 3.04. The Balaban J connectivity index is 1.42. The number of fused-ring (bicyclic) bond motifs is 1. The largest absolute Gasteiger partial charge is 0.379 e. The van der Waals surface area contributed by atoms with Gasteiger partial charge in [-0.1, -0.05) is 18.2 Å². The number of hydrogen-bond acceptors (Lipinski definition) is 6. The number of para-hydroxylation sites is 1. The molecule has 1 saturated heterocycles. The van der Waals surface area contributed by atoms with Crippen LogP contribution >= 0.6 is 0 Å². The predicted octanol–water partition coefficient (Wildman–Crippen LogP) is 1.62. The van der Waals surface area contributed by atoms with Crippen molar-refractivity contribution in [2.75, 3.05) is 44.3 Å². The smallest absolute Gasteiger partial charge is 0.270 e. The minimum absolute atomic E-state index is 0.160. The summed E-state index contributed by atoms with van der Waals surface area (Å²) < 4.78 is 5.34. The summed E-state index contributed by atoms with van der Waals surface area (Å²) in [5.74, 6) is 0.604. The molecule has 1 amide bonds. The number of carbonyl (C=O) groups excluding carboxylic acids is 1. The summed E-state index contributed by atoms with van der Waals surface area (Å²) in [7, 11) is 0. The van der Waals surface area contributed by atoms with E-state index in [9.17, 15) is 4.79 Å². The van der Waals surface area contributed by atoms with E-state index >= 15 is 0 Å². The molecule has 1 fully saturated rings. The zero-order chi connectivity index (χ0) is 18.6. The maximum absolute atomic E-state index is 12.5. The predicted molar refractivity (Wildman–Crippen MR) is 103 cm³/mol. The topological polar surface area (TPSA) is 70.6 Å². The van der Waals surface area contributed by atoms with Gasteiger partial charge < -0.3 is 15.0 Å². The molecule has 1 aromatic heterocycles. The molecule has 7 nitrogen and oxygen atoms in total. The van der Waals surface area contributed by atoms with Crippen molar-refractivity contribution in [1.29, 1.82) is 0 Å². The van der Waals surface area contributed by atoms with Gasteiger partial charge >= 0.3 is 0 Å². The summed E-state index contributed by atoms with van der Waals surface area (Å²) in [4.78, 5) is 25.6. The number of nitrogens with zero attached hydrogens (tertiary/aromatic N) is 4. The molecule has 27 heavy (non-hydrogen) atoms. The number of anilines is 2. The third-order valence-electron chi connectivity index (χ3n) is 5.16. The van der Waals surface area contributed by atoms with Gasteiger partial charge in [0.15, 0.2) is 0 Å². The van der Waals surface area contributed by atoms with Crippen LogP contribution in [0.5, 0.6) is 0 Å². The number of hydrogen-bond donors (Lipinski definition) is 1. The quantitative estimate of drug-likeness (QED) is 0.866. The van der Waals surface area contributed by atoms with Gasteiger partial charge in [0.1, 0.15) is 17.8 Å². The van der Waals surface area contributed by atoms with E-state index in [1.54, 1.807) is 6.07 Å². The van der Waals surface area contributed by atoms with Crippen molar-refractivity contribution in [3.63, 3.8) is 0 Å². The first kappa shape index (κ1) is 17.9. The minimum atomic E-state index is -0.160. The lowest BCUT2D eigenvalue weighted by Crippen LogP contribution is -2.41. The molecule has 4 rings (SSSR count). The first-order chi connectivity index (χ1) is 13.2.